The summed E-state index contributed by atoms with van der Waals surface area (Å²) in [7, 11) is 1.33. The summed E-state index contributed by atoms with van der Waals surface area (Å²) >= 11 is 2.17. The summed E-state index contributed by atoms with van der Waals surface area (Å²) < 4.78 is 11.0. The van der Waals surface area contributed by atoms with E-state index in [4.69, 9.17) is 4.74 Å². The number of esters is 1. The number of benzene rings is 1. The Morgan fingerprint density at radius 1 is 1.48 bits per heavy atom. The lowest BCUT2D eigenvalue weighted by Crippen LogP contribution is -2.48. The number of carbonyl (C=O) groups is 2. The van der Waals surface area contributed by atoms with Crippen LogP contribution in [-0.2, 0) is 19.1 Å². The van der Waals surface area contributed by atoms with Crippen LogP contribution in [0.4, 0.5) is 5.69 Å². The maximum atomic E-state index is 12.1. The van der Waals surface area contributed by atoms with Gasteiger partial charge in [0.25, 0.3) is 0 Å². The first-order valence-corrected chi connectivity index (χ1v) is 7.64. The van der Waals surface area contributed by atoms with Gasteiger partial charge in [-0.1, -0.05) is 12.1 Å². The number of amides is 1. The number of hydrogen-bond donors (Lipinski definition) is 1. The van der Waals surface area contributed by atoms with Crippen molar-refractivity contribution in [2.24, 2.45) is 0 Å². The van der Waals surface area contributed by atoms with Crippen molar-refractivity contribution in [3.63, 3.8) is 0 Å². The van der Waals surface area contributed by atoms with Gasteiger partial charge in [-0.25, -0.2) is 4.79 Å². The highest BCUT2D eigenvalue weighted by atomic mass is 127. The van der Waals surface area contributed by atoms with Crippen molar-refractivity contribution < 1.29 is 19.1 Å². The molecule has 7 heteroatoms. The van der Waals surface area contributed by atoms with Crippen molar-refractivity contribution >= 4 is 40.2 Å². The van der Waals surface area contributed by atoms with E-state index in [2.05, 4.69) is 32.6 Å². The molecule has 1 atom stereocenters. The zero-order chi connectivity index (χ0) is 15.2. The van der Waals surface area contributed by atoms with Crippen molar-refractivity contribution in [1.82, 2.24) is 4.90 Å². The molecule has 1 fully saturated rings. The molecule has 1 aliphatic rings. The summed E-state index contributed by atoms with van der Waals surface area (Å²) in [6.45, 7) is 1.62. The Kier molecular flexibility index (Phi) is 5.95. The number of anilines is 1. The van der Waals surface area contributed by atoms with Gasteiger partial charge in [0.15, 0.2) is 6.10 Å². The van der Waals surface area contributed by atoms with Crippen LogP contribution < -0.4 is 5.32 Å². The highest BCUT2D eigenvalue weighted by molar-refractivity contribution is 14.1. The molecule has 0 aromatic heterocycles. The average Bonchev–Trinajstić information content (AvgIpc) is 2.49. The Hall–Kier alpha value is -1.19. The largest absolute Gasteiger partial charge is 0.467 e. The Labute approximate surface area is 136 Å². The van der Waals surface area contributed by atoms with Crippen LogP contribution in [0.1, 0.15) is 0 Å². The van der Waals surface area contributed by atoms with Crippen molar-refractivity contribution in [2.45, 2.75) is 6.10 Å². The standard InChI is InChI=1S/C14H17IN2O4/c1-20-14(19)12-8-17(6-7-21-12)9-13(18)16-11-5-3-2-4-10(11)15/h2-5,12H,6-9H2,1H3,(H,16,18). The lowest BCUT2D eigenvalue weighted by Gasteiger charge is -2.30. The van der Waals surface area contributed by atoms with Gasteiger partial charge in [0.1, 0.15) is 0 Å². The summed E-state index contributed by atoms with van der Waals surface area (Å²) in [4.78, 5) is 25.4. The predicted molar refractivity (Wildman–Crippen MR) is 86.0 cm³/mol. The highest BCUT2D eigenvalue weighted by Gasteiger charge is 2.28. The second-order valence-electron chi connectivity index (χ2n) is 4.65. The molecule has 0 aliphatic carbocycles. The molecule has 6 nitrogen and oxygen atoms in total. The fraction of sp³-hybridized carbons (Fsp3) is 0.429. The number of nitrogens with zero attached hydrogens (tertiary/aromatic N) is 1. The SMILES string of the molecule is COC(=O)C1CN(CC(=O)Nc2ccccc2I)CCO1. The van der Waals surface area contributed by atoms with Gasteiger partial charge in [-0.2, -0.15) is 0 Å². The molecule has 0 saturated carbocycles. The van der Waals surface area contributed by atoms with E-state index in [0.717, 1.165) is 9.26 Å². The summed E-state index contributed by atoms with van der Waals surface area (Å²) in [6, 6.07) is 7.58. The summed E-state index contributed by atoms with van der Waals surface area (Å²) in [6.07, 6.45) is -0.617. The first-order chi connectivity index (χ1) is 10.1. The van der Waals surface area contributed by atoms with Gasteiger partial charge in [0.2, 0.25) is 5.91 Å². The van der Waals surface area contributed by atoms with Crippen LogP contribution >= 0.6 is 22.6 Å². The average molecular weight is 404 g/mol. The van der Waals surface area contributed by atoms with Gasteiger partial charge < -0.3 is 14.8 Å². The van der Waals surface area contributed by atoms with Crippen LogP contribution in [0.3, 0.4) is 0 Å². The first-order valence-electron chi connectivity index (χ1n) is 6.56. The molecule has 21 heavy (non-hydrogen) atoms. The normalized spacial score (nSPS) is 19.0. The lowest BCUT2D eigenvalue weighted by atomic mass is 10.2. The van der Waals surface area contributed by atoms with Crippen molar-refractivity contribution in [2.75, 3.05) is 38.7 Å². The van der Waals surface area contributed by atoms with Crippen LogP contribution in [0, 0.1) is 3.57 Å². The Bertz CT molecular complexity index is 523. The Morgan fingerprint density at radius 2 is 2.24 bits per heavy atom. The molecule has 1 unspecified atom stereocenters. The van der Waals surface area contributed by atoms with Gasteiger partial charge in [0, 0.05) is 16.7 Å². The maximum absolute atomic E-state index is 12.1. The molecule has 0 spiro atoms. The van der Waals surface area contributed by atoms with E-state index >= 15 is 0 Å². The van der Waals surface area contributed by atoms with E-state index < -0.39 is 12.1 Å². The van der Waals surface area contributed by atoms with E-state index in [-0.39, 0.29) is 12.5 Å². The number of ether oxygens (including phenoxy) is 2. The molecule has 1 aromatic carbocycles. The monoisotopic (exact) mass is 404 g/mol. The number of halogens is 1. The number of hydrogen-bond acceptors (Lipinski definition) is 5. The van der Waals surface area contributed by atoms with Crippen LogP contribution in [0.2, 0.25) is 0 Å². The molecule has 0 radical (unpaired) electrons. The molecule has 1 aliphatic heterocycles. The summed E-state index contributed by atoms with van der Waals surface area (Å²) in [5.41, 5.74) is 0.792. The van der Waals surface area contributed by atoms with Crippen molar-refractivity contribution in [3.05, 3.63) is 27.8 Å². The van der Waals surface area contributed by atoms with Gasteiger partial charge in [-0.15, -0.1) is 0 Å². The molecule has 1 amide bonds. The quantitative estimate of drug-likeness (QED) is 0.602. The van der Waals surface area contributed by atoms with Crippen molar-refractivity contribution in [1.29, 1.82) is 0 Å². The molecule has 114 valence electrons. The van der Waals surface area contributed by atoms with Crippen molar-refractivity contribution in [3.8, 4) is 0 Å². The number of morpholine rings is 1. The number of carbonyl (C=O) groups excluding carboxylic acids is 2. The highest BCUT2D eigenvalue weighted by Crippen LogP contribution is 2.17. The van der Waals surface area contributed by atoms with Gasteiger partial charge in [0.05, 0.1) is 25.9 Å². The maximum Gasteiger partial charge on any atom is 0.336 e. The third kappa shape index (κ3) is 4.65. The van der Waals surface area contributed by atoms with E-state index in [0.29, 0.717) is 19.7 Å². The number of rotatable bonds is 4. The zero-order valence-corrected chi connectivity index (χ0v) is 13.8. The van der Waals surface area contributed by atoms with E-state index in [9.17, 15) is 9.59 Å². The molecule has 2 rings (SSSR count). The van der Waals surface area contributed by atoms with Gasteiger partial charge in [-0.05, 0) is 34.7 Å². The van der Waals surface area contributed by atoms with Crippen LogP contribution in [0.25, 0.3) is 0 Å². The molecule has 1 heterocycles. The molecule has 1 saturated heterocycles. The van der Waals surface area contributed by atoms with E-state index in [1.54, 1.807) is 0 Å². The van der Waals surface area contributed by atoms with Gasteiger partial charge >= 0.3 is 5.97 Å². The lowest BCUT2D eigenvalue weighted by molar-refractivity contribution is -0.160. The van der Waals surface area contributed by atoms with Gasteiger partial charge in [-0.3, -0.25) is 9.69 Å². The number of methoxy groups -OCH3 is 1. The second kappa shape index (κ2) is 7.71. The van der Waals surface area contributed by atoms with E-state index in [1.807, 2.05) is 29.2 Å². The fourth-order valence-electron chi connectivity index (χ4n) is 2.08. The Balaban J connectivity index is 1.88. The Morgan fingerprint density at radius 3 is 2.95 bits per heavy atom. The molecule has 1 aromatic rings. The zero-order valence-electron chi connectivity index (χ0n) is 11.7. The summed E-state index contributed by atoms with van der Waals surface area (Å²) in [5, 5.41) is 2.87. The molecule has 1 N–H and O–H groups in total. The second-order valence-corrected chi connectivity index (χ2v) is 5.81. The first kappa shape index (κ1) is 16.2. The fourth-order valence-corrected chi connectivity index (χ4v) is 2.60. The molecule has 0 bridgehead atoms. The van der Waals surface area contributed by atoms with Crippen LogP contribution in [-0.4, -0.2) is 56.2 Å². The third-order valence-electron chi connectivity index (χ3n) is 3.13. The molecular weight excluding hydrogens is 387 g/mol. The third-order valence-corrected chi connectivity index (χ3v) is 4.07. The minimum atomic E-state index is -0.617. The van der Waals surface area contributed by atoms with Crippen LogP contribution in [0.15, 0.2) is 24.3 Å². The topological polar surface area (TPSA) is 67.9 Å². The number of para-hydroxylation sites is 1. The molecular formula is C14H17IN2O4. The minimum absolute atomic E-state index is 0.107. The van der Waals surface area contributed by atoms with E-state index in [1.165, 1.54) is 7.11 Å². The predicted octanol–water partition coefficient (Wildman–Crippen LogP) is 1.10. The minimum Gasteiger partial charge on any atom is -0.467 e. The smallest absolute Gasteiger partial charge is 0.336 e. The number of nitrogens with one attached hydrogen (secondary N) is 1. The van der Waals surface area contributed by atoms with Crippen LogP contribution in [0.5, 0.6) is 0 Å². The summed E-state index contributed by atoms with van der Waals surface area (Å²) in [5.74, 6) is -0.512.